The number of aliphatic hydroxyl groups excluding tert-OH is 1. The van der Waals surface area contributed by atoms with Crippen molar-refractivity contribution < 1.29 is 18.3 Å². The molecule has 14 heavy (non-hydrogen) atoms. The van der Waals surface area contributed by atoms with Gasteiger partial charge in [0.2, 0.25) is 10.0 Å². The molecule has 5 nitrogen and oxygen atoms in total. The molecule has 1 unspecified atom stereocenters. The standard InChI is InChI=1S/C8H19NO4S/c1-7(2)8(6-10)9-14(11,12)5-4-13-3/h7-10H,4-6H2,1-3H3. The van der Waals surface area contributed by atoms with E-state index in [1.165, 1.54) is 7.11 Å². The smallest absolute Gasteiger partial charge is 0.214 e. The zero-order valence-electron chi connectivity index (χ0n) is 8.86. The third-order valence-electron chi connectivity index (χ3n) is 1.89. The average Bonchev–Trinajstić information content (AvgIpc) is 2.10. The van der Waals surface area contributed by atoms with E-state index >= 15 is 0 Å². The number of sulfonamides is 1. The van der Waals surface area contributed by atoms with Gasteiger partial charge in [0, 0.05) is 13.2 Å². The van der Waals surface area contributed by atoms with Crippen molar-refractivity contribution in [1.82, 2.24) is 4.72 Å². The number of hydrogen-bond donors (Lipinski definition) is 2. The van der Waals surface area contributed by atoms with Crippen molar-refractivity contribution in [1.29, 1.82) is 0 Å². The van der Waals surface area contributed by atoms with Gasteiger partial charge in [-0.2, -0.15) is 0 Å². The molecule has 1 atom stereocenters. The highest BCUT2D eigenvalue weighted by molar-refractivity contribution is 7.89. The number of nitrogens with one attached hydrogen (secondary N) is 1. The van der Waals surface area contributed by atoms with E-state index in [0.717, 1.165) is 0 Å². The molecule has 0 aromatic heterocycles. The van der Waals surface area contributed by atoms with Crippen LogP contribution in [0.4, 0.5) is 0 Å². The normalized spacial score (nSPS) is 14.6. The Morgan fingerprint density at radius 3 is 2.36 bits per heavy atom. The molecule has 0 fully saturated rings. The summed E-state index contributed by atoms with van der Waals surface area (Å²) in [5.41, 5.74) is 0. The lowest BCUT2D eigenvalue weighted by Crippen LogP contribution is -2.42. The molecule has 2 N–H and O–H groups in total. The van der Waals surface area contributed by atoms with Crippen molar-refractivity contribution in [3.05, 3.63) is 0 Å². The number of aliphatic hydroxyl groups is 1. The summed E-state index contributed by atoms with van der Waals surface area (Å²) < 4.78 is 29.8. The molecule has 0 amide bonds. The SMILES string of the molecule is COCCS(=O)(=O)NC(CO)C(C)C. The van der Waals surface area contributed by atoms with Crippen molar-refractivity contribution in [3.8, 4) is 0 Å². The minimum atomic E-state index is -3.34. The number of methoxy groups -OCH3 is 1. The molecule has 0 bridgehead atoms. The van der Waals surface area contributed by atoms with Crippen LogP contribution in [-0.2, 0) is 14.8 Å². The van der Waals surface area contributed by atoms with E-state index in [1.807, 2.05) is 13.8 Å². The third kappa shape index (κ3) is 5.54. The Kier molecular flexibility index (Phi) is 6.26. The molecule has 0 radical (unpaired) electrons. The maximum absolute atomic E-state index is 11.4. The Labute approximate surface area is 85.5 Å². The lowest BCUT2D eigenvalue weighted by atomic mass is 10.1. The maximum atomic E-state index is 11.4. The van der Waals surface area contributed by atoms with E-state index in [-0.39, 0.29) is 24.9 Å². The van der Waals surface area contributed by atoms with Gasteiger partial charge in [-0.15, -0.1) is 0 Å². The Morgan fingerprint density at radius 1 is 1.43 bits per heavy atom. The van der Waals surface area contributed by atoms with Crippen LogP contribution in [0.25, 0.3) is 0 Å². The largest absolute Gasteiger partial charge is 0.395 e. The summed E-state index contributed by atoms with van der Waals surface area (Å²) >= 11 is 0. The average molecular weight is 225 g/mol. The van der Waals surface area contributed by atoms with Gasteiger partial charge in [0.15, 0.2) is 0 Å². The van der Waals surface area contributed by atoms with Crippen LogP contribution in [-0.4, -0.2) is 45.6 Å². The van der Waals surface area contributed by atoms with Gasteiger partial charge >= 0.3 is 0 Å². The Bertz CT molecular complexity index is 238. The zero-order chi connectivity index (χ0) is 11.2. The van der Waals surface area contributed by atoms with Gasteiger partial charge in [0.05, 0.1) is 19.0 Å². The van der Waals surface area contributed by atoms with Crippen molar-refractivity contribution in [2.45, 2.75) is 19.9 Å². The highest BCUT2D eigenvalue weighted by Gasteiger charge is 2.19. The quantitative estimate of drug-likeness (QED) is 0.616. The molecule has 0 saturated carbocycles. The van der Waals surface area contributed by atoms with Crippen LogP contribution in [0, 0.1) is 5.92 Å². The van der Waals surface area contributed by atoms with E-state index < -0.39 is 16.1 Å². The molecular weight excluding hydrogens is 206 g/mol. The minimum Gasteiger partial charge on any atom is -0.395 e. The third-order valence-corrected chi connectivity index (χ3v) is 3.25. The fraction of sp³-hybridized carbons (Fsp3) is 1.00. The van der Waals surface area contributed by atoms with Crippen molar-refractivity contribution in [2.24, 2.45) is 5.92 Å². The molecule has 0 spiro atoms. The van der Waals surface area contributed by atoms with Crippen LogP contribution in [0.3, 0.4) is 0 Å². The zero-order valence-corrected chi connectivity index (χ0v) is 9.67. The summed E-state index contributed by atoms with van der Waals surface area (Å²) in [4.78, 5) is 0. The summed E-state index contributed by atoms with van der Waals surface area (Å²) in [5, 5.41) is 8.93. The topological polar surface area (TPSA) is 75.6 Å². The van der Waals surface area contributed by atoms with Gasteiger partial charge in [0.1, 0.15) is 0 Å². The minimum absolute atomic E-state index is 0.0670. The molecule has 0 rings (SSSR count). The second kappa shape index (κ2) is 6.34. The Morgan fingerprint density at radius 2 is 2.00 bits per heavy atom. The molecule has 0 aromatic carbocycles. The molecule has 0 aromatic rings. The number of ether oxygens (including phenoxy) is 1. The summed E-state index contributed by atoms with van der Waals surface area (Å²) in [6, 6.07) is -0.420. The predicted octanol–water partition coefficient (Wildman–Crippen LogP) is -0.431. The first kappa shape index (κ1) is 13.8. The fourth-order valence-electron chi connectivity index (χ4n) is 0.867. The molecule has 86 valence electrons. The second-order valence-corrected chi connectivity index (χ2v) is 5.34. The molecule has 0 aliphatic carbocycles. The first-order chi connectivity index (χ1) is 6.43. The molecule has 0 saturated heterocycles. The van der Waals surface area contributed by atoms with Crippen LogP contribution in [0.15, 0.2) is 0 Å². The molecule has 0 aliphatic heterocycles. The first-order valence-corrected chi connectivity index (χ1v) is 6.18. The first-order valence-electron chi connectivity index (χ1n) is 4.52. The predicted molar refractivity (Wildman–Crippen MR) is 54.5 cm³/mol. The van der Waals surface area contributed by atoms with Crippen LogP contribution < -0.4 is 4.72 Å². The van der Waals surface area contributed by atoms with Crippen molar-refractivity contribution in [3.63, 3.8) is 0 Å². The highest BCUT2D eigenvalue weighted by Crippen LogP contribution is 2.02. The summed E-state index contributed by atoms with van der Waals surface area (Å²) in [6.07, 6.45) is 0. The maximum Gasteiger partial charge on any atom is 0.214 e. The van der Waals surface area contributed by atoms with Gasteiger partial charge in [0.25, 0.3) is 0 Å². The second-order valence-electron chi connectivity index (χ2n) is 3.46. The summed E-state index contributed by atoms with van der Waals surface area (Å²) in [6.45, 7) is 3.66. The molecular formula is C8H19NO4S. The lowest BCUT2D eigenvalue weighted by Gasteiger charge is -2.19. The Hall–Kier alpha value is -0.170. The van der Waals surface area contributed by atoms with E-state index in [1.54, 1.807) is 0 Å². The highest BCUT2D eigenvalue weighted by atomic mass is 32.2. The summed E-state index contributed by atoms with van der Waals surface area (Å²) in [5.74, 6) is -0.00970. The van der Waals surface area contributed by atoms with Gasteiger partial charge in [-0.25, -0.2) is 13.1 Å². The summed E-state index contributed by atoms with van der Waals surface area (Å²) in [7, 11) is -1.89. The van der Waals surface area contributed by atoms with Gasteiger partial charge < -0.3 is 9.84 Å². The van der Waals surface area contributed by atoms with E-state index in [9.17, 15) is 8.42 Å². The van der Waals surface area contributed by atoms with Crippen molar-refractivity contribution in [2.75, 3.05) is 26.1 Å². The van der Waals surface area contributed by atoms with Gasteiger partial charge in [-0.05, 0) is 5.92 Å². The number of hydrogen-bond acceptors (Lipinski definition) is 4. The number of rotatable bonds is 7. The van der Waals surface area contributed by atoms with Crippen LogP contribution in [0.2, 0.25) is 0 Å². The fourth-order valence-corrected chi connectivity index (χ4v) is 2.18. The molecule has 0 heterocycles. The Balaban J connectivity index is 4.18. The van der Waals surface area contributed by atoms with Crippen LogP contribution in [0.5, 0.6) is 0 Å². The van der Waals surface area contributed by atoms with Gasteiger partial charge in [-0.3, -0.25) is 0 Å². The molecule has 0 aliphatic rings. The van der Waals surface area contributed by atoms with E-state index in [4.69, 9.17) is 5.11 Å². The van der Waals surface area contributed by atoms with E-state index in [0.29, 0.717) is 0 Å². The van der Waals surface area contributed by atoms with E-state index in [2.05, 4.69) is 9.46 Å². The van der Waals surface area contributed by atoms with Crippen molar-refractivity contribution >= 4 is 10.0 Å². The molecule has 6 heteroatoms. The van der Waals surface area contributed by atoms with Gasteiger partial charge in [-0.1, -0.05) is 13.8 Å². The van der Waals surface area contributed by atoms with Crippen LogP contribution >= 0.6 is 0 Å². The van der Waals surface area contributed by atoms with Crippen LogP contribution in [0.1, 0.15) is 13.8 Å². The lowest BCUT2D eigenvalue weighted by molar-refractivity contribution is 0.214. The monoisotopic (exact) mass is 225 g/mol.